The van der Waals surface area contributed by atoms with Gasteiger partial charge in [0, 0.05) is 25.7 Å². The summed E-state index contributed by atoms with van der Waals surface area (Å²) in [5.41, 5.74) is 1.44. The van der Waals surface area contributed by atoms with Crippen LogP contribution in [0.5, 0.6) is 0 Å². The van der Waals surface area contributed by atoms with Gasteiger partial charge in [0.15, 0.2) is 0 Å². The van der Waals surface area contributed by atoms with Gasteiger partial charge in [-0.1, -0.05) is 19.8 Å². The summed E-state index contributed by atoms with van der Waals surface area (Å²) in [6.45, 7) is 5.72. The Morgan fingerprint density at radius 2 is 2.33 bits per heavy atom. The van der Waals surface area contributed by atoms with E-state index in [4.69, 9.17) is 0 Å². The molecule has 0 aromatic carbocycles. The van der Waals surface area contributed by atoms with Crippen LogP contribution >= 0.6 is 11.3 Å². The van der Waals surface area contributed by atoms with Crippen LogP contribution in [0.4, 0.5) is 0 Å². The van der Waals surface area contributed by atoms with Gasteiger partial charge in [-0.15, -0.1) is 0 Å². The van der Waals surface area contributed by atoms with Crippen molar-refractivity contribution in [1.82, 2.24) is 10.2 Å². The van der Waals surface area contributed by atoms with Crippen molar-refractivity contribution < 1.29 is 0 Å². The van der Waals surface area contributed by atoms with Crippen molar-refractivity contribution in [3.8, 4) is 0 Å². The van der Waals surface area contributed by atoms with Crippen LogP contribution in [0.1, 0.15) is 38.2 Å². The van der Waals surface area contributed by atoms with Gasteiger partial charge < -0.3 is 10.2 Å². The van der Waals surface area contributed by atoms with Gasteiger partial charge in [0.25, 0.3) is 0 Å². The quantitative estimate of drug-likeness (QED) is 0.849. The van der Waals surface area contributed by atoms with E-state index in [0.717, 1.165) is 31.6 Å². The topological polar surface area (TPSA) is 15.3 Å². The first-order valence-corrected chi connectivity index (χ1v) is 8.11. The van der Waals surface area contributed by atoms with Crippen molar-refractivity contribution in [3.63, 3.8) is 0 Å². The first-order chi connectivity index (χ1) is 8.74. The van der Waals surface area contributed by atoms with Gasteiger partial charge in [-0.2, -0.15) is 11.3 Å². The fourth-order valence-electron chi connectivity index (χ4n) is 2.85. The highest BCUT2D eigenvalue weighted by Crippen LogP contribution is 2.23. The molecule has 2 rings (SSSR count). The summed E-state index contributed by atoms with van der Waals surface area (Å²) in [7, 11) is 2.21. The fraction of sp³-hybridized carbons (Fsp3) is 0.733. The zero-order valence-electron chi connectivity index (χ0n) is 11.7. The number of likely N-dealkylation sites (N-methyl/N-ethyl adjacent to an activating group) is 1. The van der Waals surface area contributed by atoms with E-state index in [1.165, 1.54) is 31.2 Å². The smallest absolute Gasteiger partial charge is 0.0239 e. The first kappa shape index (κ1) is 14.0. The molecule has 0 radical (unpaired) electrons. The molecule has 2 unspecified atom stereocenters. The molecule has 0 bridgehead atoms. The first-order valence-electron chi connectivity index (χ1n) is 7.17. The molecule has 1 aliphatic carbocycles. The summed E-state index contributed by atoms with van der Waals surface area (Å²) < 4.78 is 0. The molecule has 1 heterocycles. The Labute approximate surface area is 115 Å². The van der Waals surface area contributed by atoms with Crippen LogP contribution in [0.2, 0.25) is 0 Å². The fourth-order valence-corrected chi connectivity index (χ4v) is 3.51. The van der Waals surface area contributed by atoms with Crippen molar-refractivity contribution >= 4 is 11.3 Å². The third-order valence-corrected chi connectivity index (χ3v) is 4.63. The second kappa shape index (κ2) is 7.27. The van der Waals surface area contributed by atoms with Crippen LogP contribution in [0.15, 0.2) is 16.8 Å². The van der Waals surface area contributed by atoms with Gasteiger partial charge in [0.2, 0.25) is 0 Å². The Kier molecular flexibility index (Phi) is 5.67. The molecule has 1 fully saturated rings. The number of thiophene rings is 1. The molecule has 18 heavy (non-hydrogen) atoms. The molecule has 2 atom stereocenters. The van der Waals surface area contributed by atoms with Crippen molar-refractivity contribution in [3.05, 3.63) is 22.4 Å². The highest BCUT2D eigenvalue weighted by Gasteiger charge is 2.17. The molecule has 1 N–H and O–H groups in total. The second-order valence-corrected chi connectivity index (χ2v) is 6.57. The minimum atomic E-state index is 0.767. The molecule has 1 saturated carbocycles. The molecule has 0 aliphatic heterocycles. The third kappa shape index (κ3) is 4.71. The van der Waals surface area contributed by atoms with E-state index < -0.39 is 0 Å². The van der Waals surface area contributed by atoms with Gasteiger partial charge in [-0.25, -0.2) is 0 Å². The summed E-state index contributed by atoms with van der Waals surface area (Å²) in [4.78, 5) is 2.40. The molecule has 1 aliphatic rings. The molecule has 1 aromatic heterocycles. The van der Waals surface area contributed by atoms with Crippen LogP contribution < -0.4 is 5.32 Å². The second-order valence-electron chi connectivity index (χ2n) is 5.79. The number of nitrogens with zero attached hydrogens (tertiary/aromatic N) is 1. The summed E-state index contributed by atoms with van der Waals surface area (Å²) in [6, 6.07) is 2.99. The van der Waals surface area contributed by atoms with Crippen LogP contribution in [0.25, 0.3) is 0 Å². The Balaban J connectivity index is 1.59. The van der Waals surface area contributed by atoms with Gasteiger partial charge in [-0.05, 0) is 48.2 Å². The summed E-state index contributed by atoms with van der Waals surface area (Å²) >= 11 is 1.79. The summed E-state index contributed by atoms with van der Waals surface area (Å²) in [5, 5.41) is 8.12. The highest BCUT2D eigenvalue weighted by molar-refractivity contribution is 7.07. The standard InChI is InChI=1S/C15H26N2S/c1-13-4-3-5-15(10-13)16-7-8-17(2)11-14-6-9-18-12-14/h6,9,12-13,15-16H,3-5,7-8,10-11H2,1-2H3. The van der Waals surface area contributed by atoms with Gasteiger partial charge in [0.05, 0.1) is 0 Å². The maximum atomic E-state index is 3.72. The van der Waals surface area contributed by atoms with Crippen LogP contribution in [-0.2, 0) is 6.54 Å². The zero-order valence-corrected chi connectivity index (χ0v) is 12.5. The number of rotatable bonds is 6. The predicted molar refractivity (Wildman–Crippen MR) is 80.1 cm³/mol. The molecule has 0 spiro atoms. The van der Waals surface area contributed by atoms with Crippen molar-refractivity contribution in [2.75, 3.05) is 20.1 Å². The van der Waals surface area contributed by atoms with Gasteiger partial charge in [-0.3, -0.25) is 0 Å². The monoisotopic (exact) mass is 266 g/mol. The lowest BCUT2D eigenvalue weighted by atomic mass is 9.87. The third-order valence-electron chi connectivity index (χ3n) is 3.90. The SMILES string of the molecule is CC1CCCC(NCCN(C)Cc2ccsc2)C1. The van der Waals surface area contributed by atoms with Gasteiger partial charge in [0.1, 0.15) is 0 Å². The van der Waals surface area contributed by atoms with E-state index in [1.54, 1.807) is 11.3 Å². The van der Waals surface area contributed by atoms with Crippen LogP contribution in [-0.4, -0.2) is 31.1 Å². The molecule has 2 nitrogen and oxygen atoms in total. The molecular weight excluding hydrogens is 240 g/mol. The summed E-state index contributed by atoms with van der Waals surface area (Å²) in [5.74, 6) is 0.916. The largest absolute Gasteiger partial charge is 0.313 e. The van der Waals surface area contributed by atoms with Crippen LogP contribution in [0.3, 0.4) is 0 Å². The average Bonchev–Trinajstić information content (AvgIpc) is 2.82. The maximum absolute atomic E-state index is 3.72. The van der Waals surface area contributed by atoms with Crippen LogP contribution in [0, 0.1) is 5.92 Å². The number of nitrogens with one attached hydrogen (secondary N) is 1. The highest BCUT2D eigenvalue weighted by atomic mass is 32.1. The summed E-state index contributed by atoms with van der Waals surface area (Å²) in [6.07, 6.45) is 5.58. The van der Waals surface area contributed by atoms with Gasteiger partial charge >= 0.3 is 0 Å². The normalized spacial score (nSPS) is 24.6. The maximum Gasteiger partial charge on any atom is 0.0239 e. The number of hydrogen-bond acceptors (Lipinski definition) is 3. The lowest BCUT2D eigenvalue weighted by Crippen LogP contribution is -2.38. The lowest BCUT2D eigenvalue weighted by molar-refractivity contribution is 0.275. The van der Waals surface area contributed by atoms with E-state index in [1.807, 2.05) is 0 Å². The predicted octanol–water partition coefficient (Wildman–Crippen LogP) is 3.35. The van der Waals surface area contributed by atoms with E-state index in [-0.39, 0.29) is 0 Å². The number of hydrogen-bond donors (Lipinski definition) is 1. The average molecular weight is 266 g/mol. The Morgan fingerprint density at radius 3 is 3.06 bits per heavy atom. The minimum Gasteiger partial charge on any atom is -0.313 e. The van der Waals surface area contributed by atoms with Crippen molar-refractivity contribution in [2.24, 2.45) is 5.92 Å². The van der Waals surface area contributed by atoms with Crippen molar-refractivity contribution in [1.29, 1.82) is 0 Å². The Morgan fingerprint density at radius 1 is 1.44 bits per heavy atom. The molecular formula is C15H26N2S. The minimum absolute atomic E-state index is 0.767. The Bertz CT molecular complexity index is 323. The Hall–Kier alpha value is -0.380. The lowest BCUT2D eigenvalue weighted by Gasteiger charge is -2.28. The van der Waals surface area contributed by atoms with Crippen molar-refractivity contribution in [2.45, 2.75) is 45.2 Å². The molecule has 0 amide bonds. The zero-order chi connectivity index (χ0) is 12.8. The van der Waals surface area contributed by atoms with E-state index >= 15 is 0 Å². The molecule has 1 aromatic rings. The van der Waals surface area contributed by atoms with E-state index in [2.05, 4.69) is 41.0 Å². The molecule has 0 saturated heterocycles. The van der Waals surface area contributed by atoms with E-state index in [0.29, 0.717) is 0 Å². The molecule has 3 heteroatoms. The van der Waals surface area contributed by atoms with E-state index in [9.17, 15) is 0 Å². The molecule has 102 valence electrons.